The first-order valence-corrected chi connectivity index (χ1v) is 15.8. The SMILES string of the molecule is CC(C)(C)P(C(C)(C)C)C(C)(C)C.F[B-](F)(F)F.c1ccc(CP(c2ccccc2)c2ccccc2)cc1. The Bertz CT molecular complexity index is 958. The van der Waals surface area contributed by atoms with E-state index in [1.54, 1.807) is 0 Å². The maximum absolute atomic E-state index is 9.75. The van der Waals surface area contributed by atoms with Gasteiger partial charge in [0.05, 0.1) is 0 Å². The first-order valence-electron chi connectivity index (χ1n) is 12.9. The van der Waals surface area contributed by atoms with Gasteiger partial charge in [-0.15, -0.1) is 0 Å². The molecular weight excluding hydrogens is 521 g/mol. The van der Waals surface area contributed by atoms with Crippen molar-refractivity contribution in [2.24, 2.45) is 0 Å². The summed E-state index contributed by atoms with van der Waals surface area (Å²) >= 11 is 0. The number of halogens is 4. The molecule has 0 saturated heterocycles. The summed E-state index contributed by atoms with van der Waals surface area (Å²) in [5.74, 6) is 0. The summed E-state index contributed by atoms with van der Waals surface area (Å²) in [7, 11) is -6.31. The Kier molecular flexibility index (Phi) is 13.2. The number of hydrogen-bond donors (Lipinski definition) is 0. The molecule has 0 unspecified atom stereocenters. The molecule has 0 heterocycles. The maximum Gasteiger partial charge on any atom is 0.673 e. The lowest BCUT2D eigenvalue weighted by molar-refractivity contribution is 0.368. The first-order chi connectivity index (χ1) is 17.3. The summed E-state index contributed by atoms with van der Waals surface area (Å²) in [4.78, 5) is 0. The smallest absolute Gasteiger partial charge is 0.418 e. The van der Waals surface area contributed by atoms with Crippen molar-refractivity contribution in [1.29, 1.82) is 0 Å². The van der Waals surface area contributed by atoms with Crippen molar-refractivity contribution in [3.8, 4) is 0 Å². The van der Waals surface area contributed by atoms with E-state index in [1.165, 1.54) is 16.2 Å². The van der Waals surface area contributed by atoms with Crippen LogP contribution < -0.4 is 10.6 Å². The Labute approximate surface area is 231 Å². The van der Waals surface area contributed by atoms with Crippen molar-refractivity contribution in [2.75, 3.05) is 0 Å². The lowest BCUT2D eigenvalue weighted by Crippen LogP contribution is -2.34. The lowest BCUT2D eigenvalue weighted by Gasteiger charge is -2.49. The van der Waals surface area contributed by atoms with E-state index in [0.717, 1.165) is 6.16 Å². The van der Waals surface area contributed by atoms with E-state index in [0.29, 0.717) is 15.5 Å². The minimum absolute atomic E-state index is 0.0162. The summed E-state index contributed by atoms with van der Waals surface area (Å²) in [6, 6.07) is 32.5. The molecule has 3 aromatic rings. The van der Waals surface area contributed by atoms with Gasteiger partial charge in [-0.05, 0) is 39.6 Å². The van der Waals surface area contributed by atoms with Gasteiger partial charge in [0.25, 0.3) is 0 Å². The molecule has 0 bridgehead atoms. The van der Waals surface area contributed by atoms with Crippen molar-refractivity contribution in [3.05, 3.63) is 96.6 Å². The van der Waals surface area contributed by atoms with Crippen LogP contribution in [0.1, 0.15) is 67.9 Å². The Balaban J connectivity index is 0.000000346. The number of benzene rings is 3. The van der Waals surface area contributed by atoms with E-state index in [9.17, 15) is 17.3 Å². The highest BCUT2D eigenvalue weighted by Crippen LogP contribution is 2.66. The Morgan fingerprint density at radius 3 is 1.00 bits per heavy atom. The summed E-state index contributed by atoms with van der Waals surface area (Å²) in [6.07, 6.45) is 1.10. The van der Waals surface area contributed by atoms with Crippen LogP contribution in [0.25, 0.3) is 0 Å². The van der Waals surface area contributed by atoms with Gasteiger partial charge in [0.2, 0.25) is 0 Å². The number of hydrogen-bond acceptors (Lipinski definition) is 0. The van der Waals surface area contributed by atoms with Crippen LogP contribution in [0.4, 0.5) is 17.3 Å². The fourth-order valence-corrected chi connectivity index (χ4v) is 13.7. The second-order valence-corrected chi connectivity index (χ2v) is 19.0. The third-order valence-electron chi connectivity index (χ3n) is 5.33. The summed E-state index contributed by atoms with van der Waals surface area (Å²) in [6.45, 7) is 21.5. The molecule has 38 heavy (non-hydrogen) atoms. The van der Waals surface area contributed by atoms with Gasteiger partial charge in [-0.3, -0.25) is 0 Å². The molecule has 0 saturated carbocycles. The minimum Gasteiger partial charge on any atom is -0.418 e. The van der Waals surface area contributed by atoms with Gasteiger partial charge in [-0.1, -0.05) is 161 Å². The molecule has 210 valence electrons. The molecule has 3 rings (SSSR count). The Morgan fingerprint density at radius 1 is 0.500 bits per heavy atom. The summed E-state index contributed by atoms with van der Waals surface area (Å²) in [5.41, 5.74) is 1.41. The van der Waals surface area contributed by atoms with Gasteiger partial charge < -0.3 is 17.3 Å². The van der Waals surface area contributed by atoms with Crippen molar-refractivity contribution in [2.45, 2.75) is 83.9 Å². The average Bonchev–Trinajstić information content (AvgIpc) is 2.75. The van der Waals surface area contributed by atoms with Crippen molar-refractivity contribution >= 4 is 33.7 Å². The monoisotopic (exact) mass is 565 g/mol. The van der Waals surface area contributed by atoms with Crippen LogP contribution >= 0.6 is 15.8 Å². The highest BCUT2D eigenvalue weighted by atomic mass is 31.1. The van der Waals surface area contributed by atoms with Gasteiger partial charge in [0.1, 0.15) is 0 Å². The average molecular weight is 565 g/mol. The Morgan fingerprint density at radius 2 is 0.763 bits per heavy atom. The largest absolute Gasteiger partial charge is 0.673 e. The lowest BCUT2D eigenvalue weighted by atomic mass is 10.2. The quantitative estimate of drug-likeness (QED) is 0.168. The van der Waals surface area contributed by atoms with Crippen molar-refractivity contribution in [3.63, 3.8) is 0 Å². The van der Waals surface area contributed by atoms with E-state index < -0.39 is 7.25 Å². The fraction of sp³-hybridized carbons (Fsp3) is 0.419. The topological polar surface area (TPSA) is 0 Å². The molecule has 7 heteroatoms. The zero-order valence-corrected chi connectivity index (χ0v) is 26.1. The van der Waals surface area contributed by atoms with Crippen LogP contribution in [0.2, 0.25) is 0 Å². The normalized spacial score (nSPS) is 12.4. The van der Waals surface area contributed by atoms with Crippen LogP contribution in [0.3, 0.4) is 0 Å². The second kappa shape index (κ2) is 14.6. The zero-order chi connectivity index (χ0) is 29.2. The van der Waals surface area contributed by atoms with Gasteiger partial charge in [-0.2, -0.15) is 0 Å². The summed E-state index contributed by atoms with van der Waals surface area (Å²) in [5, 5.41) is 4.24. The molecule has 0 fully saturated rings. The number of rotatable bonds is 4. The Hall–Kier alpha value is -1.70. The third kappa shape index (κ3) is 13.9. The molecule has 0 atom stereocenters. The maximum atomic E-state index is 9.75. The summed E-state index contributed by atoms with van der Waals surface area (Å²) < 4.78 is 39.0. The van der Waals surface area contributed by atoms with E-state index in [-0.39, 0.29) is 15.8 Å². The fourth-order valence-electron chi connectivity index (χ4n) is 5.33. The minimum atomic E-state index is -6.00. The van der Waals surface area contributed by atoms with Gasteiger partial charge in [-0.25, -0.2) is 0 Å². The molecule has 0 nitrogen and oxygen atoms in total. The van der Waals surface area contributed by atoms with Gasteiger partial charge in [0.15, 0.2) is 0 Å². The van der Waals surface area contributed by atoms with Crippen LogP contribution in [0.15, 0.2) is 91.0 Å². The predicted molar refractivity (Wildman–Crippen MR) is 166 cm³/mol. The first kappa shape index (κ1) is 34.3. The molecule has 3 aromatic carbocycles. The van der Waals surface area contributed by atoms with E-state index in [1.807, 2.05) is 0 Å². The molecule has 0 aliphatic carbocycles. The zero-order valence-electron chi connectivity index (χ0n) is 24.4. The van der Waals surface area contributed by atoms with E-state index in [4.69, 9.17) is 0 Å². The molecule has 0 N–H and O–H groups in total. The van der Waals surface area contributed by atoms with Gasteiger partial charge in [0, 0.05) is 6.16 Å². The molecule has 0 aliphatic heterocycles. The van der Waals surface area contributed by atoms with Gasteiger partial charge >= 0.3 is 7.25 Å². The molecule has 0 amide bonds. The van der Waals surface area contributed by atoms with Crippen LogP contribution in [-0.4, -0.2) is 22.7 Å². The third-order valence-corrected chi connectivity index (χ3v) is 11.9. The highest BCUT2D eigenvalue weighted by Gasteiger charge is 2.41. The second-order valence-electron chi connectivity index (χ2n) is 12.1. The van der Waals surface area contributed by atoms with E-state index >= 15 is 0 Å². The van der Waals surface area contributed by atoms with Crippen molar-refractivity contribution < 1.29 is 17.3 Å². The molecule has 0 radical (unpaired) electrons. The molecule has 0 aliphatic rings. The predicted octanol–water partition coefficient (Wildman–Crippen LogP) is 10.5. The van der Waals surface area contributed by atoms with Crippen LogP contribution in [0.5, 0.6) is 0 Å². The highest BCUT2D eigenvalue weighted by molar-refractivity contribution is 7.72. The standard InChI is InChI=1S/C19H17P.C12H27P.BF4/c1-4-10-17(11-5-1)16-20(18-12-6-2-7-13-18)19-14-8-3-9-15-19;1-10(2,3)13(11(4,5)6)12(7,8)9;2-1(3,4)5/h1-15H,16H2;1-9H3;/q;;-1. The molecular formula is C31H44BF4P2-. The van der Waals surface area contributed by atoms with Crippen molar-refractivity contribution in [1.82, 2.24) is 0 Å². The molecule has 0 aromatic heterocycles. The van der Waals surface area contributed by atoms with Crippen LogP contribution in [-0.2, 0) is 6.16 Å². The van der Waals surface area contributed by atoms with Crippen LogP contribution in [0, 0.1) is 0 Å². The van der Waals surface area contributed by atoms with E-state index in [2.05, 4.69) is 153 Å². The molecule has 0 spiro atoms.